The monoisotopic (exact) mass is 437 g/mol. The van der Waals surface area contributed by atoms with Crippen molar-refractivity contribution in [3.8, 4) is 0 Å². The van der Waals surface area contributed by atoms with Gasteiger partial charge in [-0.05, 0) is 37.0 Å². The number of hydrogen-bond acceptors (Lipinski definition) is 2. The molecule has 0 saturated heterocycles. The van der Waals surface area contributed by atoms with Gasteiger partial charge in [-0.2, -0.15) is 0 Å². The van der Waals surface area contributed by atoms with Crippen LogP contribution < -0.4 is 10.6 Å². The number of ether oxygens (including phenoxy) is 1. The fraction of sp³-hybridized carbons (Fsp3) is 0.588. The fourth-order valence-corrected chi connectivity index (χ4v) is 1.97. The third-order valence-corrected chi connectivity index (χ3v) is 3.22. The van der Waals surface area contributed by atoms with E-state index in [2.05, 4.69) is 22.5 Å². The SMILES string of the molecule is CCCCOCCCNC(=NC)NCCc1cccc(F)c1.I. The van der Waals surface area contributed by atoms with E-state index in [4.69, 9.17) is 4.74 Å². The lowest BCUT2D eigenvalue weighted by molar-refractivity contribution is 0.129. The molecule has 0 radical (unpaired) electrons. The molecule has 0 heterocycles. The van der Waals surface area contributed by atoms with E-state index in [1.165, 1.54) is 12.5 Å². The molecule has 0 spiro atoms. The molecule has 1 aromatic rings. The zero-order valence-electron chi connectivity index (χ0n) is 14.1. The van der Waals surface area contributed by atoms with Gasteiger partial charge in [0.2, 0.25) is 0 Å². The summed E-state index contributed by atoms with van der Waals surface area (Å²) in [4.78, 5) is 4.16. The number of guanidine groups is 1. The van der Waals surface area contributed by atoms with Crippen LogP contribution in [0, 0.1) is 5.82 Å². The zero-order chi connectivity index (χ0) is 16.0. The maximum absolute atomic E-state index is 13.1. The van der Waals surface area contributed by atoms with Crippen molar-refractivity contribution in [1.29, 1.82) is 0 Å². The summed E-state index contributed by atoms with van der Waals surface area (Å²) >= 11 is 0. The predicted octanol–water partition coefficient (Wildman–Crippen LogP) is 3.36. The van der Waals surface area contributed by atoms with Crippen molar-refractivity contribution in [2.45, 2.75) is 32.6 Å². The highest BCUT2D eigenvalue weighted by Gasteiger charge is 1.99. The Morgan fingerprint density at radius 2 is 1.91 bits per heavy atom. The second kappa shape index (κ2) is 14.7. The van der Waals surface area contributed by atoms with Crippen LogP contribution in [0.4, 0.5) is 4.39 Å². The van der Waals surface area contributed by atoms with E-state index in [0.717, 1.165) is 57.1 Å². The van der Waals surface area contributed by atoms with Gasteiger partial charge in [0.15, 0.2) is 5.96 Å². The lowest BCUT2D eigenvalue weighted by Crippen LogP contribution is -2.39. The van der Waals surface area contributed by atoms with Crippen LogP contribution in [0.5, 0.6) is 0 Å². The maximum Gasteiger partial charge on any atom is 0.190 e. The van der Waals surface area contributed by atoms with Gasteiger partial charge in [-0.25, -0.2) is 4.39 Å². The smallest absolute Gasteiger partial charge is 0.190 e. The Morgan fingerprint density at radius 3 is 2.61 bits per heavy atom. The lowest BCUT2D eigenvalue weighted by Gasteiger charge is -2.12. The minimum Gasteiger partial charge on any atom is -0.381 e. The van der Waals surface area contributed by atoms with Crippen molar-refractivity contribution >= 4 is 29.9 Å². The largest absolute Gasteiger partial charge is 0.381 e. The Labute approximate surface area is 156 Å². The van der Waals surface area contributed by atoms with Crippen LogP contribution in [-0.2, 0) is 11.2 Å². The molecule has 0 aromatic heterocycles. The number of aliphatic imine (C=N–C) groups is 1. The summed E-state index contributed by atoms with van der Waals surface area (Å²) in [5.74, 6) is 0.577. The molecular formula is C17H29FIN3O. The molecule has 0 aliphatic rings. The van der Waals surface area contributed by atoms with Crippen molar-refractivity contribution in [3.63, 3.8) is 0 Å². The van der Waals surface area contributed by atoms with Crippen LogP contribution in [0.25, 0.3) is 0 Å². The van der Waals surface area contributed by atoms with E-state index in [0.29, 0.717) is 0 Å². The van der Waals surface area contributed by atoms with Crippen LogP contribution in [0.1, 0.15) is 31.7 Å². The van der Waals surface area contributed by atoms with Gasteiger partial charge >= 0.3 is 0 Å². The molecule has 132 valence electrons. The average Bonchev–Trinajstić information content (AvgIpc) is 2.52. The molecule has 1 rings (SSSR count). The Balaban J connectivity index is 0.00000484. The molecule has 6 heteroatoms. The van der Waals surface area contributed by atoms with E-state index in [-0.39, 0.29) is 29.8 Å². The predicted molar refractivity (Wildman–Crippen MR) is 105 cm³/mol. The maximum atomic E-state index is 13.1. The second-order valence-corrected chi connectivity index (χ2v) is 5.13. The number of nitrogens with one attached hydrogen (secondary N) is 2. The summed E-state index contributed by atoms with van der Waals surface area (Å²) in [5.41, 5.74) is 0.979. The third-order valence-electron chi connectivity index (χ3n) is 3.22. The third kappa shape index (κ3) is 11.3. The standard InChI is InChI=1S/C17H28FN3O.HI/c1-3-4-12-22-13-6-10-20-17(19-2)21-11-9-15-7-5-8-16(18)14-15;/h5,7-8,14H,3-4,6,9-13H2,1-2H3,(H2,19,20,21);1H. The molecule has 2 N–H and O–H groups in total. The van der Waals surface area contributed by atoms with Crippen molar-refractivity contribution < 1.29 is 9.13 Å². The first-order valence-corrected chi connectivity index (χ1v) is 8.03. The molecule has 4 nitrogen and oxygen atoms in total. The molecule has 0 bridgehead atoms. The fourth-order valence-electron chi connectivity index (χ4n) is 1.97. The van der Waals surface area contributed by atoms with Gasteiger partial charge in [0.05, 0.1) is 0 Å². The van der Waals surface area contributed by atoms with Crippen LogP contribution in [-0.4, -0.2) is 39.3 Å². The molecule has 0 amide bonds. The quantitative estimate of drug-likeness (QED) is 0.256. The average molecular weight is 437 g/mol. The van der Waals surface area contributed by atoms with Crippen LogP contribution in [0.3, 0.4) is 0 Å². The van der Waals surface area contributed by atoms with E-state index in [1.807, 2.05) is 6.07 Å². The van der Waals surface area contributed by atoms with Gasteiger partial charge in [0.1, 0.15) is 5.82 Å². The van der Waals surface area contributed by atoms with E-state index in [9.17, 15) is 4.39 Å². The first-order valence-electron chi connectivity index (χ1n) is 8.03. The number of benzene rings is 1. The van der Waals surface area contributed by atoms with Crippen LogP contribution in [0.15, 0.2) is 29.3 Å². The number of unbranched alkanes of at least 4 members (excludes halogenated alkanes) is 1. The highest BCUT2D eigenvalue weighted by Crippen LogP contribution is 2.03. The molecule has 1 aromatic carbocycles. The van der Waals surface area contributed by atoms with Gasteiger partial charge < -0.3 is 15.4 Å². The number of rotatable bonds is 10. The molecule has 0 aliphatic carbocycles. The summed E-state index contributed by atoms with van der Waals surface area (Å²) in [6.45, 7) is 5.32. The van der Waals surface area contributed by atoms with Crippen LogP contribution in [0.2, 0.25) is 0 Å². The van der Waals surface area contributed by atoms with Crippen molar-refractivity contribution in [1.82, 2.24) is 10.6 Å². The summed E-state index contributed by atoms with van der Waals surface area (Å²) in [7, 11) is 1.75. The zero-order valence-corrected chi connectivity index (χ0v) is 16.4. The first kappa shape index (κ1) is 22.1. The molecular weight excluding hydrogens is 408 g/mol. The number of hydrogen-bond donors (Lipinski definition) is 2. The number of nitrogens with zero attached hydrogens (tertiary/aromatic N) is 1. The van der Waals surface area contributed by atoms with Gasteiger partial charge in [-0.1, -0.05) is 25.5 Å². The first-order chi connectivity index (χ1) is 10.8. The summed E-state index contributed by atoms with van der Waals surface area (Å²) < 4.78 is 18.6. The van der Waals surface area contributed by atoms with Crippen molar-refractivity contribution in [2.75, 3.05) is 33.4 Å². The van der Waals surface area contributed by atoms with E-state index in [1.54, 1.807) is 19.2 Å². The highest BCUT2D eigenvalue weighted by atomic mass is 127. The van der Waals surface area contributed by atoms with Crippen molar-refractivity contribution in [2.24, 2.45) is 4.99 Å². The molecule has 0 unspecified atom stereocenters. The minimum atomic E-state index is -0.192. The highest BCUT2D eigenvalue weighted by molar-refractivity contribution is 14.0. The van der Waals surface area contributed by atoms with Gasteiger partial charge in [0, 0.05) is 33.4 Å². The summed E-state index contributed by atoms with van der Waals surface area (Å²) in [6.07, 6.45) is 4.00. The topological polar surface area (TPSA) is 45.6 Å². The van der Waals surface area contributed by atoms with E-state index >= 15 is 0 Å². The van der Waals surface area contributed by atoms with Gasteiger partial charge in [-0.15, -0.1) is 24.0 Å². The summed E-state index contributed by atoms with van der Waals surface area (Å²) in [6, 6.07) is 6.68. The van der Waals surface area contributed by atoms with Crippen LogP contribution >= 0.6 is 24.0 Å². The molecule has 0 saturated carbocycles. The molecule has 23 heavy (non-hydrogen) atoms. The Bertz CT molecular complexity index is 444. The number of halogens is 2. The molecule has 0 atom stereocenters. The molecule has 0 fully saturated rings. The lowest BCUT2D eigenvalue weighted by atomic mass is 10.1. The van der Waals surface area contributed by atoms with E-state index < -0.39 is 0 Å². The second-order valence-electron chi connectivity index (χ2n) is 5.13. The van der Waals surface area contributed by atoms with Crippen molar-refractivity contribution in [3.05, 3.63) is 35.6 Å². The summed E-state index contributed by atoms with van der Waals surface area (Å²) in [5, 5.41) is 6.47. The Hall–Kier alpha value is -0.890. The Kier molecular flexibility index (Phi) is 14.1. The molecule has 0 aliphatic heterocycles. The Morgan fingerprint density at radius 1 is 1.17 bits per heavy atom. The normalized spacial score (nSPS) is 11.0. The minimum absolute atomic E-state index is 0. The van der Waals surface area contributed by atoms with Gasteiger partial charge in [-0.3, -0.25) is 4.99 Å². The van der Waals surface area contributed by atoms with Gasteiger partial charge in [0.25, 0.3) is 0 Å².